The Morgan fingerprint density at radius 2 is 2.33 bits per heavy atom. The van der Waals surface area contributed by atoms with Gasteiger partial charge in [0.05, 0.1) is 6.20 Å². The van der Waals surface area contributed by atoms with Crippen LogP contribution < -0.4 is 5.32 Å². The van der Waals surface area contributed by atoms with Crippen LogP contribution in [0.4, 0.5) is 10.3 Å². The van der Waals surface area contributed by atoms with Crippen molar-refractivity contribution in [3.05, 3.63) is 24.1 Å². The van der Waals surface area contributed by atoms with Crippen LogP contribution in [-0.2, 0) is 0 Å². The van der Waals surface area contributed by atoms with Gasteiger partial charge < -0.3 is 10.2 Å². The minimum atomic E-state index is -0.313. The van der Waals surface area contributed by atoms with Crippen molar-refractivity contribution in [2.45, 2.75) is 18.9 Å². The normalized spacial score (nSPS) is 15.5. The first kappa shape index (κ1) is 11.4. The molecule has 96 valence electrons. The van der Waals surface area contributed by atoms with Crippen LogP contribution in [0.1, 0.15) is 12.8 Å². The molecule has 1 aliphatic carbocycles. The topological polar surface area (TPSA) is 45.5 Å². The Hall–Kier alpha value is -1.69. The van der Waals surface area contributed by atoms with Gasteiger partial charge in [-0.2, -0.15) is 4.98 Å². The van der Waals surface area contributed by atoms with E-state index in [9.17, 15) is 4.39 Å². The van der Waals surface area contributed by atoms with E-state index in [0.29, 0.717) is 11.6 Å². The Balaban J connectivity index is 1.60. The van der Waals surface area contributed by atoms with E-state index in [-0.39, 0.29) is 5.82 Å². The molecule has 0 amide bonds. The van der Waals surface area contributed by atoms with Gasteiger partial charge in [0.2, 0.25) is 5.95 Å². The molecule has 2 heterocycles. The van der Waals surface area contributed by atoms with Crippen LogP contribution in [0.25, 0.3) is 5.65 Å². The third-order valence-corrected chi connectivity index (χ3v) is 3.21. The molecule has 1 aliphatic rings. The molecule has 0 atom stereocenters. The molecule has 1 N–H and O–H groups in total. The zero-order valence-corrected chi connectivity index (χ0v) is 10.3. The summed E-state index contributed by atoms with van der Waals surface area (Å²) < 4.78 is 14.4. The SMILES string of the molecule is CN(CCNc1nc2ccc(F)cn2n1)C1CC1. The van der Waals surface area contributed by atoms with Gasteiger partial charge in [-0.05, 0) is 32.0 Å². The molecule has 0 aromatic carbocycles. The zero-order chi connectivity index (χ0) is 12.5. The van der Waals surface area contributed by atoms with Gasteiger partial charge in [-0.3, -0.25) is 0 Å². The van der Waals surface area contributed by atoms with E-state index in [1.165, 1.54) is 29.6 Å². The van der Waals surface area contributed by atoms with Gasteiger partial charge in [-0.25, -0.2) is 8.91 Å². The largest absolute Gasteiger partial charge is 0.352 e. The molecule has 0 unspecified atom stereocenters. The molecule has 5 nitrogen and oxygen atoms in total. The number of halogens is 1. The van der Waals surface area contributed by atoms with Crippen LogP contribution in [-0.4, -0.2) is 45.7 Å². The van der Waals surface area contributed by atoms with Crippen molar-refractivity contribution < 1.29 is 4.39 Å². The van der Waals surface area contributed by atoms with E-state index < -0.39 is 0 Å². The van der Waals surface area contributed by atoms with Gasteiger partial charge in [0, 0.05) is 19.1 Å². The summed E-state index contributed by atoms with van der Waals surface area (Å²) in [7, 11) is 2.13. The van der Waals surface area contributed by atoms with Gasteiger partial charge in [0.1, 0.15) is 5.82 Å². The number of anilines is 1. The summed E-state index contributed by atoms with van der Waals surface area (Å²) in [6.07, 6.45) is 3.94. The number of aromatic nitrogens is 3. The van der Waals surface area contributed by atoms with Gasteiger partial charge in [0.15, 0.2) is 5.65 Å². The number of nitrogens with zero attached hydrogens (tertiary/aromatic N) is 4. The molecule has 18 heavy (non-hydrogen) atoms. The zero-order valence-electron chi connectivity index (χ0n) is 10.3. The van der Waals surface area contributed by atoms with Crippen molar-refractivity contribution in [1.29, 1.82) is 0 Å². The van der Waals surface area contributed by atoms with E-state index in [2.05, 4.69) is 27.3 Å². The highest BCUT2D eigenvalue weighted by molar-refractivity contribution is 5.42. The monoisotopic (exact) mass is 249 g/mol. The Morgan fingerprint density at radius 1 is 1.50 bits per heavy atom. The maximum Gasteiger partial charge on any atom is 0.243 e. The summed E-state index contributed by atoms with van der Waals surface area (Å²) in [5.74, 6) is 0.234. The fourth-order valence-corrected chi connectivity index (χ4v) is 1.97. The maximum atomic E-state index is 13.0. The van der Waals surface area contributed by atoms with Crippen LogP contribution in [0.5, 0.6) is 0 Å². The third-order valence-electron chi connectivity index (χ3n) is 3.21. The van der Waals surface area contributed by atoms with E-state index in [0.717, 1.165) is 19.1 Å². The first-order valence-corrected chi connectivity index (χ1v) is 6.18. The standard InChI is InChI=1S/C12H16FN5/c1-17(10-3-4-10)7-6-14-12-15-11-5-2-9(13)8-18(11)16-12/h2,5,8,10H,3-4,6-7H2,1H3,(H,14,16). The highest BCUT2D eigenvalue weighted by Gasteiger charge is 2.25. The number of nitrogens with one attached hydrogen (secondary N) is 1. The first-order chi connectivity index (χ1) is 8.72. The lowest BCUT2D eigenvalue weighted by Gasteiger charge is -2.14. The average molecular weight is 249 g/mol. The lowest BCUT2D eigenvalue weighted by molar-refractivity contribution is 0.337. The van der Waals surface area contributed by atoms with E-state index in [1.54, 1.807) is 6.07 Å². The molecule has 6 heteroatoms. The second-order valence-electron chi connectivity index (χ2n) is 4.72. The van der Waals surface area contributed by atoms with Crippen molar-refractivity contribution in [3.63, 3.8) is 0 Å². The maximum absolute atomic E-state index is 13.0. The summed E-state index contributed by atoms with van der Waals surface area (Å²) >= 11 is 0. The smallest absolute Gasteiger partial charge is 0.243 e. The molecule has 2 aromatic heterocycles. The number of likely N-dealkylation sites (N-methyl/N-ethyl adjacent to an activating group) is 1. The lowest BCUT2D eigenvalue weighted by atomic mass is 10.5. The van der Waals surface area contributed by atoms with Crippen LogP contribution in [0.3, 0.4) is 0 Å². The second kappa shape index (κ2) is 4.53. The minimum absolute atomic E-state index is 0.313. The summed E-state index contributed by atoms with van der Waals surface area (Å²) in [5.41, 5.74) is 0.648. The predicted octanol–water partition coefficient (Wildman–Crippen LogP) is 1.37. The number of hydrogen-bond donors (Lipinski definition) is 1. The van der Waals surface area contributed by atoms with Crippen LogP contribution in [0.15, 0.2) is 18.3 Å². The Kier molecular flexibility index (Phi) is 2.87. The molecule has 2 aromatic rings. The summed E-state index contributed by atoms with van der Waals surface area (Å²) in [6, 6.07) is 3.76. The molecule has 1 saturated carbocycles. The molecule has 0 aliphatic heterocycles. The quantitative estimate of drug-likeness (QED) is 0.869. The van der Waals surface area contributed by atoms with Gasteiger partial charge >= 0.3 is 0 Å². The number of pyridine rings is 1. The molecule has 0 saturated heterocycles. The highest BCUT2D eigenvalue weighted by Crippen LogP contribution is 2.24. The Labute approximate surface area is 105 Å². The van der Waals surface area contributed by atoms with Crippen LogP contribution in [0, 0.1) is 5.82 Å². The summed E-state index contributed by atoms with van der Waals surface area (Å²) in [4.78, 5) is 6.60. The van der Waals surface area contributed by atoms with Gasteiger partial charge in [-0.15, -0.1) is 5.10 Å². The Morgan fingerprint density at radius 3 is 3.11 bits per heavy atom. The predicted molar refractivity (Wildman–Crippen MR) is 67.1 cm³/mol. The van der Waals surface area contributed by atoms with Crippen molar-refractivity contribution in [3.8, 4) is 0 Å². The molecule has 0 radical (unpaired) electrons. The van der Waals surface area contributed by atoms with Gasteiger partial charge in [-0.1, -0.05) is 0 Å². The minimum Gasteiger partial charge on any atom is -0.352 e. The molecular weight excluding hydrogens is 233 g/mol. The number of fused-ring (bicyclic) bond motifs is 1. The molecular formula is C12H16FN5. The molecule has 3 rings (SSSR count). The fraction of sp³-hybridized carbons (Fsp3) is 0.500. The van der Waals surface area contributed by atoms with Crippen molar-refractivity contribution in [2.24, 2.45) is 0 Å². The molecule has 0 spiro atoms. The molecule has 0 bridgehead atoms. The van der Waals surface area contributed by atoms with Crippen molar-refractivity contribution >= 4 is 11.6 Å². The van der Waals surface area contributed by atoms with Crippen molar-refractivity contribution in [1.82, 2.24) is 19.5 Å². The summed E-state index contributed by atoms with van der Waals surface area (Å²) in [5, 5.41) is 7.33. The van der Waals surface area contributed by atoms with Crippen LogP contribution >= 0.6 is 0 Å². The summed E-state index contributed by atoms with van der Waals surface area (Å²) in [6.45, 7) is 1.76. The van der Waals surface area contributed by atoms with Crippen molar-refractivity contribution in [2.75, 3.05) is 25.5 Å². The first-order valence-electron chi connectivity index (χ1n) is 6.18. The second-order valence-corrected chi connectivity index (χ2v) is 4.72. The van der Waals surface area contributed by atoms with Crippen LogP contribution in [0.2, 0.25) is 0 Å². The van der Waals surface area contributed by atoms with E-state index in [1.807, 2.05) is 0 Å². The average Bonchev–Trinajstić information content (AvgIpc) is 3.11. The number of hydrogen-bond acceptors (Lipinski definition) is 4. The lowest BCUT2D eigenvalue weighted by Crippen LogP contribution is -2.27. The number of rotatable bonds is 5. The fourth-order valence-electron chi connectivity index (χ4n) is 1.97. The third kappa shape index (κ3) is 2.43. The van der Waals surface area contributed by atoms with E-state index in [4.69, 9.17) is 0 Å². The molecule has 1 fully saturated rings. The van der Waals surface area contributed by atoms with E-state index >= 15 is 0 Å². The highest BCUT2D eigenvalue weighted by atomic mass is 19.1. The van der Waals surface area contributed by atoms with Gasteiger partial charge in [0.25, 0.3) is 0 Å². The Bertz CT molecular complexity index is 548.